The summed E-state index contributed by atoms with van der Waals surface area (Å²) in [6, 6.07) is 0. The van der Waals surface area contributed by atoms with Gasteiger partial charge in [0.15, 0.2) is 28.4 Å². The third-order valence-electron chi connectivity index (χ3n) is 4.34. The summed E-state index contributed by atoms with van der Waals surface area (Å²) in [5.74, 6) is 0.511. The molecule has 148 valence electrons. The monoisotopic (exact) mass is 397 g/mol. The maximum Gasteiger partial charge on any atom is 0.191 e. The van der Waals surface area contributed by atoms with Gasteiger partial charge in [0.1, 0.15) is 18.3 Å². The molecule has 5 N–H and O–H groups in total. The Morgan fingerprint density at radius 1 is 1.33 bits per heavy atom. The molecule has 1 fully saturated rings. The van der Waals surface area contributed by atoms with Gasteiger partial charge in [-0.05, 0) is 13.2 Å². The fourth-order valence-corrected chi connectivity index (χ4v) is 3.15. The van der Waals surface area contributed by atoms with E-state index < -0.39 is 31.1 Å². The summed E-state index contributed by atoms with van der Waals surface area (Å²) in [4.78, 5) is 13.2. The zero-order valence-corrected chi connectivity index (χ0v) is 15.8. The fraction of sp³-hybridized carbons (Fsp3) is 0.562. The predicted octanol–water partition coefficient (Wildman–Crippen LogP) is -0.490. The van der Waals surface area contributed by atoms with E-state index in [4.69, 9.17) is 9.84 Å². The van der Waals surface area contributed by atoms with Crippen molar-refractivity contribution in [3.63, 3.8) is 0 Å². The molecule has 0 saturated carbocycles. The number of hydrogen-bond acceptors (Lipinski definition) is 10. The molecule has 2 aromatic heterocycles. The molecule has 0 spiro atoms. The van der Waals surface area contributed by atoms with E-state index in [0.717, 1.165) is 5.57 Å². The van der Waals surface area contributed by atoms with E-state index in [1.165, 1.54) is 22.7 Å². The summed E-state index contributed by atoms with van der Waals surface area (Å²) < 4.78 is 7.10. The van der Waals surface area contributed by atoms with Gasteiger partial charge in [-0.25, -0.2) is 15.0 Å². The molecule has 2 aromatic rings. The van der Waals surface area contributed by atoms with Crippen molar-refractivity contribution < 1.29 is 25.2 Å². The maximum absolute atomic E-state index is 10.3. The number of fused-ring (bicyclic) bond motifs is 1. The highest BCUT2D eigenvalue weighted by Crippen LogP contribution is 2.32. The van der Waals surface area contributed by atoms with Crippen LogP contribution in [0.15, 0.2) is 23.1 Å². The molecule has 3 rings (SSSR count). The largest absolute Gasteiger partial charge is 0.394 e. The molecule has 0 radical (unpaired) electrons. The molecule has 11 heteroatoms. The second kappa shape index (κ2) is 8.50. The minimum Gasteiger partial charge on any atom is -0.394 e. The van der Waals surface area contributed by atoms with Crippen molar-refractivity contribution >= 4 is 28.7 Å². The van der Waals surface area contributed by atoms with Crippen LogP contribution in [0.2, 0.25) is 0 Å². The Labute approximate surface area is 159 Å². The number of aliphatic hydroxyl groups is 4. The van der Waals surface area contributed by atoms with E-state index >= 15 is 0 Å². The van der Waals surface area contributed by atoms with Gasteiger partial charge < -0.3 is 30.5 Å². The Hall–Kier alpha value is -1.76. The van der Waals surface area contributed by atoms with Crippen LogP contribution in [0.4, 0.5) is 5.82 Å². The highest BCUT2D eigenvalue weighted by atomic mass is 32.2. The SMILES string of the molecule is CSc1nc(NC/C=C(/C)CO)c2ncn([C@@H]3O[C@H](CO)C(O)C3O)c2n1. The first-order valence-corrected chi connectivity index (χ1v) is 9.64. The van der Waals surface area contributed by atoms with Gasteiger partial charge in [-0.2, -0.15) is 0 Å². The molecule has 1 aliphatic heterocycles. The molecule has 1 aliphatic rings. The van der Waals surface area contributed by atoms with Gasteiger partial charge in [0.05, 0.1) is 19.5 Å². The molecule has 10 nitrogen and oxygen atoms in total. The van der Waals surface area contributed by atoms with Crippen LogP contribution in [-0.2, 0) is 4.74 Å². The van der Waals surface area contributed by atoms with Crippen molar-refractivity contribution in [3.8, 4) is 0 Å². The van der Waals surface area contributed by atoms with Crippen LogP contribution in [0.1, 0.15) is 13.2 Å². The Morgan fingerprint density at radius 2 is 2.11 bits per heavy atom. The topological polar surface area (TPSA) is 146 Å². The van der Waals surface area contributed by atoms with Crippen LogP contribution in [0.25, 0.3) is 11.2 Å². The highest BCUT2D eigenvalue weighted by molar-refractivity contribution is 7.98. The van der Waals surface area contributed by atoms with E-state index in [9.17, 15) is 15.3 Å². The molecular weight excluding hydrogens is 374 g/mol. The quantitative estimate of drug-likeness (QED) is 0.236. The van der Waals surface area contributed by atoms with Gasteiger partial charge in [-0.1, -0.05) is 23.4 Å². The van der Waals surface area contributed by atoms with Crippen LogP contribution in [0.5, 0.6) is 0 Å². The molecule has 0 aliphatic carbocycles. The van der Waals surface area contributed by atoms with Crippen LogP contribution in [-0.4, -0.2) is 84.3 Å². The smallest absolute Gasteiger partial charge is 0.191 e. The number of thioether (sulfide) groups is 1. The molecule has 0 amide bonds. The van der Waals surface area contributed by atoms with Crippen molar-refractivity contribution in [3.05, 3.63) is 18.0 Å². The number of rotatable bonds is 7. The van der Waals surface area contributed by atoms with Crippen molar-refractivity contribution in [1.29, 1.82) is 0 Å². The fourth-order valence-electron chi connectivity index (χ4n) is 2.79. The van der Waals surface area contributed by atoms with Crippen molar-refractivity contribution in [2.24, 2.45) is 0 Å². The normalized spacial score (nSPS) is 26.1. The molecule has 3 heterocycles. The molecule has 27 heavy (non-hydrogen) atoms. The minimum absolute atomic E-state index is 0.0171. The minimum atomic E-state index is -1.22. The van der Waals surface area contributed by atoms with E-state index in [1.54, 1.807) is 0 Å². The van der Waals surface area contributed by atoms with Gasteiger partial charge in [0.2, 0.25) is 0 Å². The average molecular weight is 397 g/mol. The summed E-state index contributed by atoms with van der Waals surface area (Å²) >= 11 is 1.35. The molecule has 4 atom stereocenters. The van der Waals surface area contributed by atoms with Crippen LogP contribution < -0.4 is 5.32 Å². The maximum atomic E-state index is 10.3. The van der Waals surface area contributed by atoms with Gasteiger partial charge in [0, 0.05) is 6.54 Å². The van der Waals surface area contributed by atoms with Crippen molar-refractivity contribution in [2.75, 3.05) is 31.3 Å². The number of hydrogen-bond donors (Lipinski definition) is 5. The summed E-state index contributed by atoms with van der Waals surface area (Å²) in [5, 5.41) is 42.3. The van der Waals surface area contributed by atoms with Gasteiger partial charge in [-0.15, -0.1) is 0 Å². The van der Waals surface area contributed by atoms with Gasteiger partial charge >= 0.3 is 0 Å². The Kier molecular flexibility index (Phi) is 6.29. The first kappa shape index (κ1) is 20.0. The third kappa shape index (κ3) is 3.93. The number of aromatic nitrogens is 4. The number of aliphatic hydroxyl groups excluding tert-OH is 4. The lowest BCUT2D eigenvalue weighted by molar-refractivity contribution is -0.0511. The Bertz CT molecular complexity index is 829. The summed E-state index contributed by atoms with van der Waals surface area (Å²) in [7, 11) is 0. The number of nitrogens with one attached hydrogen (secondary N) is 1. The Morgan fingerprint density at radius 3 is 2.74 bits per heavy atom. The van der Waals surface area contributed by atoms with Gasteiger partial charge in [0.25, 0.3) is 0 Å². The number of anilines is 1. The second-order valence-electron chi connectivity index (χ2n) is 6.20. The van der Waals surface area contributed by atoms with Crippen LogP contribution in [0, 0.1) is 0 Å². The standard InChI is InChI=1S/C16H23N5O5S/c1-8(5-22)3-4-17-13-10-14(20-16(19-13)27-2)21(7-18-10)15-12(25)11(24)9(6-23)26-15/h3,7,9,11-12,15,22-25H,4-6H2,1-2H3,(H,17,19,20)/b8-3-/t9-,11?,12?,15-/m1/s1. The summed E-state index contributed by atoms with van der Waals surface area (Å²) in [6.45, 7) is 1.85. The van der Waals surface area contributed by atoms with Crippen molar-refractivity contribution in [1.82, 2.24) is 19.5 Å². The predicted molar refractivity (Wildman–Crippen MR) is 99.4 cm³/mol. The highest BCUT2D eigenvalue weighted by Gasteiger charge is 2.44. The molecule has 0 aromatic carbocycles. The lowest BCUT2D eigenvalue weighted by atomic mass is 10.1. The summed E-state index contributed by atoms with van der Waals surface area (Å²) in [6.07, 6.45) is 0.917. The van der Waals surface area contributed by atoms with E-state index in [1.807, 2.05) is 19.3 Å². The van der Waals surface area contributed by atoms with Crippen LogP contribution >= 0.6 is 11.8 Å². The van der Waals surface area contributed by atoms with E-state index in [2.05, 4.69) is 20.3 Å². The first-order chi connectivity index (χ1) is 13.0. The summed E-state index contributed by atoms with van der Waals surface area (Å²) in [5.41, 5.74) is 1.75. The second-order valence-corrected chi connectivity index (χ2v) is 6.97. The molecule has 0 bridgehead atoms. The number of ether oxygens (including phenoxy) is 1. The van der Waals surface area contributed by atoms with Crippen molar-refractivity contribution in [2.45, 2.75) is 36.6 Å². The Balaban J connectivity index is 1.96. The number of nitrogens with zero attached hydrogens (tertiary/aromatic N) is 4. The third-order valence-corrected chi connectivity index (χ3v) is 4.89. The van der Waals surface area contributed by atoms with Gasteiger partial charge in [-0.3, -0.25) is 4.57 Å². The van der Waals surface area contributed by atoms with E-state index in [0.29, 0.717) is 28.7 Å². The number of imidazole rings is 1. The molecule has 1 saturated heterocycles. The average Bonchev–Trinajstić information content (AvgIpc) is 3.22. The first-order valence-electron chi connectivity index (χ1n) is 8.41. The zero-order valence-electron chi connectivity index (χ0n) is 15.0. The lowest BCUT2D eigenvalue weighted by Gasteiger charge is -2.17. The molecule has 2 unspecified atom stereocenters. The molecular formula is C16H23N5O5S. The van der Waals surface area contributed by atoms with Crippen LogP contribution in [0.3, 0.4) is 0 Å². The zero-order chi connectivity index (χ0) is 19.6. The van der Waals surface area contributed by atoms with E-state index in [-0.39, 0.29) is 6.61 Å². The lowest BCUT2D eigenvalue weighted by Crippen LogP contribution is -2.33.